The molecular weight excluding hydrogens is 329 g/mol. The minimum atomic E-state index is -0.693. The van der Waals surface area contributed by atoms with Crippen molar-refractivity contribution in [1.29, 1.82) is 5.26 Å². The summed E-state index contributed by atoms with van der Waals surface area (Å²) in [5.41, 5.74) is 1.73. The number of nitriles is 1. The summed E-state index contributed by atoms with van der Waals surface area (Å²) in [4.78, 5) is 12.4. The van der Waals surface area contributed by atoms with Crippen molar-refractivity contribution in [1.82, 2.24) is 0 Å². The van der Waals surface area contributed by atoms with Crippen molar-refractivity contribution in [2.24, 2.45) is 11.8 Å². The molecule has 134 valence electrons. The summed E-state index contributed by atoms with van der Waals surface area (Å²) in [5.74, 6) is 0.276. The van der Waals surface area contributed by atoms with Crippen LogP contribution in [0.15, 0.2) is 53.6 Å². The molecule has 0 spiro atoms. The molecule has 4 heteroatoms. The third kappa shape index (κ3) is 4.29. The van der Waals surface area contributed by atoms with Crippen molar-refractivity contribution in [2.75, 3.05) is 0 Å². The predicted molar refractivity (Wildman–Crippen MR) is 97.8 cm³/mol. The summed E-state index contributed by atoms with van der Waals surface area (Å²) in [6, 6.07) is 5.54. The SMILES string of the molecule is CC1CCC(C2=CC=C(C(=O)Oc3ccc(C#N)c(F)c3)CC=C2)CC1. The van der Waals surface area contributed by atoms with Gasteiger partial charge in [-0.1, -0.05) is 44.1 Å². The van der Waals surface area contributed by atoms with E-state index in [-0.39, 0.29) is 11.3 Å². The van der Waals surface area contributed by atoms with Gasteiger partial charge in [-0.25, -0.2) is 9.18 Å². The predicted octanol–water partition coefficient (Wildman–Crippen LogP) is 5.24. The van der Waals surface area contributed by atoms with Crippen molar-refractivity contribution >= 4 is 5.97 Å². The molecule has 1 saturated carbocycles. The molecule has 0 heterocycles. The highest BCUT2D eigenvalue weighted by molar-refractivity contribution is 5.91. The van der Waals surface area contributed by atoms with Crippen LogP contribution in [0, 0.1) is 29.0 Å². The van der Waals surface area contributed by atoms with Gasteiger partial charge in [0.15, 0.2) is 0 Å². The number of nitrogens with zero attached hydrogens (tertiary/aromatic N) is 1. The van der Waals surface area contributed by atoms with Crippen LogP contribution in [0.25, 0.3) is 0 Å². The van der Waals surface area contributed by atoms with E-state index in [1.165, 1.54) is 43.4 Å². The molecule has 0 radical (unpaired) electrons. The quantitative estimate of drug-likeness (QED) is 0.552. The molecule has 26 heavy (non-hydrogen) atoms. The Bertz CT molecular complexity index is 821. The van der Waals surface area contributed by atoms with Gasteiger partial charge in [0.05, 0.1) is 5.56 Å². The van der Waals surface area contributed by atoms with E-state index in [1.54, 1.807) is 6.07 Å². The van der Waals surface area contributed by atoms with Crippen LogP contribution < -0.4 is 4.74 Å². The Morgan fingerprint density at radius 1 is 1.23 bits per heavy atom. The molecule has 0 unspecified atom stereocenters. The zero-order chi connectivity index (χ0) is 18.5. The van der Waals surface area contributed by atoms with Gasteiger partial charge in [-0.2, -0.15) is 5.26 Å². The summed E-state index contributed by atoms with van der Waals surface area (Å²) >= 11 is 0. The van der Waals surface area contributed by atoms with E-state index in [0.29, 0.717) is 17.9 Å². The molecule has 1 aromatic carbocycles. The topological polar surface area (TPSA) is 50.1 Å². The van der Waals surface area contributed by atoms with E-state index in [4.69, 9.17) is 10.00 Å². The van der Waals surface area contributed by atoms with Crippen LogP contribution in [-0.2, 0) is 4.79 Å². The number of esters is 1. The lowest BCUT2D eigenvalue weighted by molar-refractivity contribution is -0.130. The Morgan fingerprint density at radius 3 is 2.69 bits per heavy atom. The van der Waals surface area contributed by atoms with Crippen LogP contribution in [0.5, 0.6) is 5.75 Å². The summed E-state index contributed by atoms with van der Waals surface area (Å²) in [6.07, 6.45) is 13.3. The summed E-state index contributed by atoms with van der Waals surface area (Å²) in [5, 5.41) is 8.75. The first-order valence-electron chi connectivity index (χ1n) is 9.06. The molecule has 0 aromatic heterocycles. The normalized spacial score (nSPS) is 22.7. The highest BCUT2D eigenvalue weighted by atomic mass is 19.1. The number of allylic oxidation sites excluding steroid dienone is 5. The maximum absolute atomic E-state index is 13.6. The number of ether oxygens (including phenoxy) is 1. The first-order chi connectivity index (χ1) is 12.6. The van der Waals surface area contributed by atoms with Gasteiger partial charge in [-0.05, 0) is 48.8 Å². The van der Waals surface area contributed by atoms with Crippen molar-refractivity contribution < 1.29 is 13.9 Å². The van der Waals surface area contributed by atoms with Crippen molar-refractivity contribution in [3.05, 3.63) is 65.0 Å². The molecular formula is C22H22FNO2. The molecule has 0 saturated heterocycles. The zero-order valence-electron chi connectivity index (χ0n) is 14.9. The monoisotopic (exact) mass is 351 g/mol. The van der Waals surface area contributed by atoms with E-state index in [0.717, 1.165) is 12.0 Å². The maximum atomic E-state index is 13.6. The zero-order valence-corrected chi connectivity index (χ0v) is 14.9. The Balaban J connectivity index is 1.69. The van der Waals surface area contributed by atoms with Gasteiger partial charge in [0.25, 0.3) is 0 Å². The Hall–Kier alpha value is -2.67. The maximum Gasteiger partial charge on any atom is 0.339 e. The van der Waals surface area contributed by atoms with Crippen molar-refractivity contribution in [3.63, 3.8) is 0 Å². The molecule has 1 fully saturated rings. The Kier molecular flexibility index (Phi) is 5.68. The van der Waals surface area contributed by atoms with Gasteiger partial charge >= 0.3 is 5.97 Å². The molecule has 0 bridgehead atoms. The summed E-state index contributed by atoms with van der Waals surface area (Å²) < 4.78 is 18.9. The standard InChI is InChI=1S/C22H22FNO2/c1-15-5-7-17(8-6-15)16-3-2-4-18(10-9-16)22(25)26-20-12-11-19(14-24)21(23)13-20/h2-3,9-13,15,17H,4-8H2,1H3. The minimum Gasteiger partial charge on any atom is -0.423 e. The first kappa shape index (κ1) is 18.1. The van der Waals surface area contributed by atoms with E-state index in [2.05, 4.69) is 13.0 Å². The lowest BCUT2D eigenvalue weighted by Crippen LogP contribution is -2.13. The van der Waals surface area contributed by atoms with Gasteiger partial charge < -0.3 is 4.74 Å². The number of halogens is 1. The average molecular weight is 351 g/mol. The molecule has 0 atom stereocenters. The smallest absolute Gasteiger partial charge is 0.339 e. The minimum absolute atomic E-state index is 0.0733. The van der Waals surface area contributed by atoms with Crippen LogP contribution in [0.4, 0.5) is 4.39 Å². The summed E-state index contributed by atoms with van der Waals surface area (Å²) in [6.45, 7) is 2.30. The van der Waals surface area contributed by atoms with E-state index in [1.807, 2.05) is 18.2 Å². The number of rotatable bonds is 3. The first-order valence-corrected chi connectivity index (χ1v) is 9.06. The average Bonchev–Trinajstić information content (AvgIpc) is 2.89. The second kappa shape index (κ2) is 8.14. The van der Waals surface area contributed by atoms with Gasteiger partial charge in [0.1, 0.15) is 17.6 Å². The number of hydrogen-bond donors (Lipinski definition) is 0. The van der Waals surface area contributed by atoms with Gasteiger partial charge in [0.2, 0.25) is 0 Å². The largest absolute Gasteiger partial charge is 0.423 e. The fourth-order valence-electron chi connectivity index (χ4n) is 3.48. The van der Waals surface area contributed by atoms with Gasteiger partial charge in [-0.3, -0.25) is 0 Å². The van der Waals surface area contributed by atoms with E-state index < -0.39 is 11.8 Å². The number of benzene rings is 1. The Morgan fingerprint density at radius 2 is 2.00 bits per heavy atom. The summed E-state index contributed by atoms with van der Waals surface area (Å²) in [7, 11) is 0. The lowest BCUT2D eigenvalue weighted by Gasteiger charge is -2.26. The molecule has 0 N–H and O–H groups in total. The highest BCUT2D eigenvalue weighted by Gasteiger charge is 2.21. The highest BCUT2D eigenvalue weighted by Crippen LogP contribution is 2.34. The van der Waals surface area contributed by atoms with E-state index in [9.17, 15) is 9.18 Å². The second-order valence-electron chi connectivity index (χ2n) is 7.06. The van der Waals surface area contributed by atoms with Gasteiger partial charge in [-0.15, -0.1) is 0 Å². The van der Waals surface area contributed by atoms with Crippen molar-refractivity contribution in [2.45, 2.75) is 39.0 Å². The number of hydrogen-bond acceptors (Lipinski definition) is 3. The molecule has 2 aliphatic rings. The van der Waals surface area contributed by atoms with Crippen LogP contribution >= 0.6 is 0 Å². The number of carbonyl (C=O) groups excluding carboxylic acids is 1. The molecule has 3 rings (SSSR count). The van der Waals surface area contributed by atoms with Crippen LogP contribution in [0.2, 0.25) is 0 Å². The fraction of sp³-hybridized carbons (Fsp3) is 0.364. The molecule has 2 aliphatic carbocycles. The molecule has 3 nitrogen and oxygen atoms in total. The molecule has 1 aromatic rings. The van der Waals surface area contributed by atoms with Crippen molar-refractivity contribution in [3.8, 4) is 11.8 Å². The van der Waals surface area contributed by atoms with Gasteiger partial charge in [0, 0.05) is 11.6 Å². The second-order valence-corrected chi connectivity index (χ2v) is 7.06. The third-order valence-electron chi connectivity index (χ3n) is 5.15. The van der Waals surface area contributed by atoms with Crippen LogP contribution in [0.3, 0.4) is 0 Å². The molecule has 0 amide bonds. The molecule has 0 aliphatic heterocycles. The third-order valence-corrected chi connectivity index (χ3v) is 5.15. The van der Waals surface area contributed by atoms with Crippen LogP contribution in [0.1, 0.15) is 44.6 Å². The lowest BCUT2D eigenvalue weighted by atomic mass is 9.79. The Labute approximate surface area is 153 Å². The fourth-order valence-corrected chi connectivity index (χ4v) is 3.48. The van der Waals surface area contributed by atoms with E-state index >= 15 is 0 Å². The number of carbonyl (C=O) groups is 1. The van der Waals surface area contributed by atoms with Crippen LogP contribution in [-0.4, -0.2) is 5.97 Å².